The highest BCUT2D eigenvalue weighted by Crippen LogP contribution is 2.19. The summed E-state index contributed by atoms with van der Waals surface area (Å²) in [4.78, 5) is 10.5. The Kier molecular flexibility index (Phi) is 12.9. The summed E-state index contributed by atoms with van der Waals surface area (Å²) in [6, 6.07) is 0.562. The van der Waals surface area contributed by atoms with Gasteiger partial charge in [0, 0.05) is 12.6 Å². The zero-order chi connectivity index (χ0) is 15.2. The summed E-state index contributed by atoms with van der Waals surface area (Å²) in [7, 11) is 0. The van der Waals surface area contributed by atoms with Crippen LogP contribution in [-0.4, -0.2) is 25.3 Å². The van der Waals surface area contributed by atoms with Crippen molar-refractivity contribution in [2.24, 2.45) is 0 Å². The second kappa shape index (κ2) is 13.3. The molecular formula is C16H32N2OS. The highest BCUT2D eigenvalue weighted by Gasteiger charge is 2.11. The summed E-state index contributed by atoms with van der Waals surface area (Å²) in [5.41, 5.74) is 1.29. The Hall–Kier alpha value is -0.640. The van der Waals surface area contributed by atoms with Crippen molar-refractivity contribution < 1.29 is 4.79 Å². The first-order valence-corrected chi connectivity index (χ1v) is 9.15. The summed E-state index contributed by atoms with van der Waals surface area (Å²) in [6.07, 6.45) is 11.4. The van der Waals surface area contributed by atoms with Gasteiger partial charge in [-0.25, -0.2) is 0 Å². The van der Waals surface area contributed by atoms with E-state index < -0.39 is 0 Å². The van der Waals surface area contributed by atoms with E-state index in [0.717, 1.165) is 12.8 Å². The maximum atomic E-state index is 10.5. The molecule has 0 aromatic rings. The van der Waals surface area contributed by atoms with Gasteiger partial charge < -0.3 is 10.6 Å². The second-order valence-electron chi connectivity index (χ2n) is 5.11. The quantitative estimate of drug-likeness (QED) is 0.398. The van der Waals surface area contributed by atoms with Crippen molar-refractivity contribution in [3.05, 3.63) is 10.6 Å². The van der Waals surface area contributed by atoms with Gasteiger partial charge in [0.15, 0.2) is 0 Å². The van der Waals surface area contributed by atoms with Crippen molar-refractivity contribution >= 4 is 18.2 Å². The van der Waals surface area contributed by atoms with Gasteiger partial charge in [-0.2, -0.15) is 0 Å². The maximum Gasteiger partial charge on any atom is 0.207 e. The molecule has 3 nitrogen and oxygen atoms in total. The molecule has 0 saturated heterocycles. The molecule has 0 saturated carbocycles. The van der Waals surface area contributed by atoms with Crippen molar-refractivity contribution in [1.29, 1.82) is 0 Å². The Morgan fingerprint density at radius 2 is 1.90 bits per heavy atom. The van der Waals surface area contributed by atoms with Crippen molar-refractivity contribution in [3.63, 3.8) is 0 Å². The molecule has 1 amide bonds. The molecule has 1 atom stereocenters. The fraction of sp³-hybridized carbons (Fsp3) is 0.812. The lowest BCUT2D eigenvalue weighted by molar-refractivity contribution is -0.109. The molecule has 0 aliphatic rings. The molecule has 0 spiro atoms. The van der Waals surface area contributed by atoms with E-state index >= 15 is 0 Å². The number of unbranched alkanes of at least 4 members (excludes halogenated alkanes) is 2. The second-order valence-corrected chi connectivity index (χ2v) is 5.93. The average Bonchev–Trinajstić information content (AvgIpc) is 2.46. The predicted molar refractivity (Wildman–Crippen MR) is 90.9 cm³/mol. The van der Waals surface area contributed by atoms with E-state index in [0.29, 0.717) is 12.6 Å². The molecular weight excluding hydrogens is 268 g/mol. The van der Waals surface area contributed by atoms with Crippen LogP contribution in [0.15, 0.2) is 10.6 Å². The Labute approximate surface area is 129 Å². The van der Waals surface area contributed by atoms with E-state index in [-0.39, 0.29) is 0 Å². The summed E-state index contributed by atoms with van der Waals surface area (Å²) in [5.74, 6) is 0. The van der Waals surface area contributed by atoms with Crippen molar-refractivity contribution in [1.82, 2.24) is 10.6 Å². The minimum absolute atomic E-state index is 0.562. The van der Waals surface area contributed by atoms with Crippen molar-refractivity contribution in [2.75, 3.05) is 12.8 Å². The Bertz CT molecular complexity index is 280. The van der Waals surface area contributed by atoms with Crippen molar-refractivity contribution in [2.45, 2.75) is 71.8 Å². The first kappa shape index (κ1) is 19.4. The third-order valence-corrected chi connectivity index (χ3v) is 4.29. The van der Waals surface area contributed by atoms with Crippen molar-refractivity contribution in [3.8, 4) is 0 Å². The van der Waals surface area contributed by atoms with Gasteiger partial charge in [-0.15, -0.1) is 11.8 Å². The van der Waals surface area contributed by atoms with E-state index in [1.165, 1.54) is 49.1 Å². The Balaban J connectivity index is 4.64. The maximum absolute atomic E-state index is 10.5. The molecule has 0 heterocycles. The monoisotopic (exact) mass is 300 g/mol. The average molecular weight is 301 g/mol. The first-order valence-electron chi connectivity index (χ1n) is 7.92. The van der Waals surface area contributed by atoms with Crippen LogP contribution >= 0.6 is 11.8 Å². The van der Waals surface area contributed by atoms with Gasteiger partial charge in [-0.3, -0.25) is 4.79 Å². The Morgan fingerprint density at radius 3 is 2.40 bits per heavy atom. The molecule has 0 fully saturated rings. The number of rotatable bonds is 13. The number of hydrogen-bond acceptors (Lipinski definition) is 3. The molecule has 0 aromatic carbocycles. The third-order valence-electron chi connectivity index (χ3n) is 3.48. The van der Waals surface area contributed by atoms with Crippen LogP contribution in [0.2, 0.25) is 0 Å². The van der Waals surface area contributed by atoms with Crippen LogP contribution < -0.4 is 10.6 Å². The Morgan fingerprint density at radius 1 is 1.15 bits per heavy atom. The summed E-state index contributed by atoms with van der Waals surface area (Å²) in [5, 5.41) is 7.74. The zero-order valence-electron chi connectivity index (χ0n) is 13.6. The minimum Gasteiger partial charge on any atom is -0.377 e. The van der Waals surface area contributed by atoms with E-state index in [1.807, 2.05) is 0 Å². The fourth-order valence-corrected chi connectivity index (χ4v) is 3.09. The first-order chi connectivity index (χ1) is 9.73. The summed E-state index contributed by atoms with van der Waals surface area (Å²) >= 11 is 1.76. The lowest BCUT2D eigenvalue weighted by Gasteiger charge is -2.23. The van der Waals surface area contributed by atoms with Gasteiger partial charge in [-0.1, -0.05) is 46.5 Å². The number of carbonyl (C=O) groups is 1. The minimum atomic E-state index is 0.562. The molecule has 20 heavy (non-hydrogen) atoms. The van der Waals surface area contributed by atoms with Crippen LogP contribution in [0.3, 0.4) is 0 Å². The van der Waals surface area contributed by atoms with Gasteiger partial charge in [0.2, 0.25) is 6.41 Å². The molecule has 2 N–H and O–H groups in total. The smallest absolute Gasteiger partial charge is 0.207 e. The van der Waals surface area contributed by atoms with E-state index in [1.54, 1.807) is 11.8 Å². The fourth-order valence-electron chi connectivity index (χ4n) is 2.30. The largest absolute Gasteiger partial charge is 0.377 e. The van der Waals surface area contributed by atoms with Crippen LogP contribution in [0.5, 0.6) is 0 Å². The van der Waals surface area contributed by atoms with Gasteiger partial charge in [0.05, 0.1) is 5.03 Å². The van der Waals surface area contributed by atoms with E-state index in [4.69, 9.17) is 0 Å². The molecule has 118 valence electrons. The van der Waals surface area contributed by atoms with Gasteiger partial charge >= 0.3 is 0 Å². The molecule has 0 radical (unpaired) electrons. The molecule has 0 aliphatic carbocycles. The van der Waals surface area contributed by atoms with Crippen LogP contribution in [-0.2, 0) is 4.79 Å². The van der Waals surface area contributed by atoms with Crippen LogP contribution in [0.1, 0.15) is 65.7 Å². The normalized spacial score (nSPS) is 13.6. The molecule has 0 rings (SSSR count). The topological polar surface area (TPSA) is 41.1 Å². The predicted octanol–water partition coefficient (Wildman–Crippen LogP) is 4.06. The third kappa shape index (κ3) is 8.51. The summed E-state index contributed by atoms with van der Waals surface area (Å²) in [6.45, 7) is 7.28. The van der Waals surface area contributed by atoms with Gasteiger partial charge in [0.25, 0.3) is 0 Å². The lowest BCUT2D eigenvalue weighted by Crippen LogP contribution is -2.29. The molecule has 0 aromatic heterocycles. The van der Waals surface area contributed by atoms with E-state index in [2.05, 4.69) is 37.7 Å². The number of nitrogens with one attached hydrogen (secondary N) is 2. The number of thioether (sulfide) groups is 1. The molecule has 1 unspecified atom stereocenters. The summed E-state index contributed by atoms with van der Waals surface area (Å²) < 4.78 is 0. The number of hydrogen-bond donors (Lipinski definition) is 2. The van der Waals surface area contributed by atoms with Gasteiger partial charge in [0.1, 0.15) is 0 Å². The van der Waals surface area contributed by atoms with Crippen LogP contribution in [0.25, 0.3) is 0 Å². The highest BCUT2D eigenvalue weighted by atomic mass is 32.2. The molecule has 4 heteroatoms. The standard InChI is InChI=1S/C16H32N2OS/c1-5-8-9-11-15(10-6-2)18-16(20-4)14(7-3)12-17-13-19/h13,15,18H,5-12H2,1-4H3,(H,17,19)/b16-14+. The number of amides is 1. The molecule has 0 bridgehead atoms. The van der Waals surface area contributed by atoms with E-state index in [9.17, 15) is 4.79 Å². The van der Waals surface area contributed by atoms with Crippen LogP contribution in [0.4, 0.5) is 0 Å². The lowest BCUT2D eigenvalue weighted by atomic mass is 10.0. The SMILES string of the molecule is CCCCCC(CCC)N/C(SC)=C(/CC)CNC=O. The number of carbonyl (C=O) groups excluding carboxylic acids is 1. The van der Waals surface area contributed by atoms with Gasteiger partial charge in [-0.05, 0) is 31.1 Å². The highest BCUT2D eigenvalue weighted by molar-refractivity contribution is 8.02. The van der Waals surface area contributed by atoms with Crippen LogP contribution in [0, 0.1) is 0 Å². The zero-order valence-corrected chi connectivity index (χ0v) is 14.4. The molecule has 0 aliphatic heterocycles.